The first-order valence-corrected chi connectivity index (χ1v) is 7.70. The van der Waals surface area contributed by atoms with Gasteiger partial charge >= 0.3 is 0 Å². The number of rotatable bonds is 5. The van der Waals surface area contributed by atoms with Gasteiger partial charge in [-0.2, -0.15) is 0 Å². The molecule has 3 heteroatoms. The number of nitrogens with two attached hydrogens (primary N) is 1. The second kappa shape index (κ2) is 6.99. The van der Waals surface area contributed by atoms with Gasteiger partial charge in [-0.05, 0) is 48.7 Å². The summed E-state index contributed by atoms with van der Waals surface area (Å²) in [5.74, 6) is 0.913. The molecule has 1 nitrogen and oxygen atoms in total. The van der Waals surface area contributed by atoms with Crippen molar-refractivity contribution < 1.29 is 0 Å². The molecule has 100 valence electrons. The summed E-state index contributed by atoms with van der Waals surface area (Å²) < 4.78 is 0. The van der Waals surface area contributed by atoms with Crippen molar-refractivity contribution in [1.29, 1.82) is 0 Å². The molecular weight excluding hydrogens is 274 g/mol. The maximum absolute atomic E-state index is 6.21. The van der Waals surface area contributed by atoms with Crippen molar-refractivity contribution >= 4 is 23.4 Å². The summed E-state index contributed by atoms with van der Waals surface area (Å²) in [6.07, 6.45) is 0.924. The Balaban J connectivity index is 1.86. The van der Waals surface area contributed by atoms with E-state index in [1.54, 1.807) is 11.8 Å². The van der Waals surface area contributed by atoms with Crippen molar-refractivity contribution in [2.45, 2.75) is 24.3 Å². The Bertz CT molecular complexity index is 525. The lowest BCUT2D eigenvalue weighted by atomic mass is 10.0. The lowest BCUT2D eigenvalue weighted by Crippen LogP contribution is -2.25. The summed E-state index contributed by atoms with van der Waals surface area (Å²) in [6, 6.07) is 16.5. The van der Waals surface area contributed by atoms with Crippen LogP contribution in [0.25, 0.3) is 0 Å². The van der Waals surface area contributed by atoms with Gasteiger partial charge in [0.15, 0.2) is 0 Å². The van der Waals surface area contributed by atoms with Crippen LogP contribution in [-0.2, 0) is 6.42 Å². The molecule has 1 unspecified atom stereocenters. The van der Waals surface area contributed by atoms with Gasteiger partial charge in [0, 0.05) is 21.7 Å². The summed E-state index contributed by atoms with van der Waals surface area (Å²) >= 11 is 7.64. The molecule has 0 fully saturated rings. The van der Waals surface area contributed by atoms with Gasteiger partial charge < -0.3 is 5.73 Å². The van der Waals surface area contributed by atoms with Crippen LogP contribution in [0.2, 0.25) is 5.02 Å². The summed E-state index contributed by atoms with van der Waals surface area (Å²) in [6.45, 7) is 2.13. The molecule has 2 N–H and O–H groups in total. The zero-order valence-corrected chi connectivity index (χ0v) is 12.5. The first-order chi connectivity index (χ1) is 9.15. The molecule has 2 rings (SSSR count). The van der Waals surface area contributed by atoms with Crippen molar-refractivity contribution in [3.05, 3.63) is 64.7 Å². The molecule has 0 spiro atoms. The molecule has 0 radical (unpaired) electrons. The van der Waals surface area contributed by atoms with E-state index in [0.29, 0.717) is 0 Å². The molecule has 2 aromatic rings. The number of hydrogen-bond acceptors (Lipinski definition) is 2. The minimum Gasteiger partial charge on any atom is -0.327 e. The van der Waals surface area contributed by atoms with Gasteiger partial charge in [0.05, 0.1) is 0 Å². The van der Waals surface area contributed by atoms with Crippen molar-refractivity contribution in [1.82, 2.24) is 0 Å². The standard InChI is InChI=1S/C16H18ClNS/c1-12-4-2-3-5-13(12)10-15(18)11-19-16-8-6-14(17)7-9-16/h2-9,15H,10-11,18H2,1H3. The Morgan fingerprint density at radius 2 is 1.79 bits per heavy atom. The maximum atomic E-state index is 6.21. The average molecular weight is 292 g/mol. The summed E-state index contributed by atoms with van der Waals surface area (Å²) in [7, 11) is 0. The predicted molar refractivity (Wildman–Crippen MR) is 85.0 cm³/mol. The van der Waals surface area contributed by atoms with E-state index in [2.05, 4.69) is 31.2 Å². The van der Waals surface area contributed by atoms with E-state index >= 15 is 0 Å². The van der Waals surface area contributed by atoms with Gasteiger partial charge in [0.25, 0.3) is 0 Å². The fraction of sp³-hybridized carbons (Fsp3) is 0.250. The van der Waals surface area contributed by atoms with Gasteiger partial charge in [-0.15, -0.1) is 11.8 Å². The van der Waals surface area contributed by atoms with Crippen LogP contribution in [0.1, 0.15) is 11.1 Å². The summed E-state index contributed by atoms with van der Waals surface area (Å²) in [4.78, 5) is 1.21. The maximum Gasteiger partial charge on any atom is 0.0406 e. The van der Waals surface area contributed by atoms with Gasteiger partial charge in [-0.3, -0.25) is 0 Å². The van der Waals surface area contributed by atoms with E-state index in [4.69, 9.17) is 17.3 Å². The molecule has 0 aliphatic heterocycles. The topological polar surface area (TPSA) is 26.0 Å². The summed E-state index contributed by atoms with van der Waals surface area (Å²) in [5.41, 5.74) is 8.86. The second-order valence-electron chi connectivity index (χ2n) is 4.66. The highest BCUT2D eigenvalue weighted by Crippen LogP contribution is 2.21. The van der Waals surface area contributed by atoms with Crippen molar-refractivity contribution in [2.75, 3.05) is 5.75 Å². The number of hydrogen-bond donors (Lipinski definition) is 1. The lowest BCUT2D eigenvalue weighted by Gasteiger charge is -2.13. The molecule has 0 saturated carbocycles. The van der Waals surface area contributed by atoms with Crippen LogP contribution in [0, 0.1) is 6.92 Å². The number of thioether (sulfide) groups is 1. The Morgan fingerprint density at radius 3 is 2.47 bits per heavy atom. The number of halogens is 1. The van der Waals surface area contributed by atoms with Gasteiger partial charge in [0.2, 0.25) is 0 Å². The highest BCUT2D eigenvalue weighted by molar-refractivity contribution is 7.99. The van der Waals surface area contributed by atoms with Crippen LogP contribution >= 0.6 is 23.4 Å². The Kier molecular flexibility index (Phi) is 5.32. The zero-order chi connectivity index (χ0) is 13.7. The highest BCUT2D eigenvalue weighted by atomic mass is 35.5. The van der Waals surface area contributed by atoms with E-state index in [1.807, 2.05) is 24.3 Å². The Morgan fingerprint density at radius 1 is 1.11 bits per heavy atom. The molecule has 0 aliphatic carbocycles. The first-order valence-electron chi connectivity index (χ1n) is 6.33. The molecule has 0 amide bonds. The number of benzene rings is 2. The van der Waals surface area contributed by atoms with Gasteiger partial charge in [-0.25, -0.2) is 0 Å². The SMILES string of the molecule is Cc1ccccc1CC(N)CSc1ccc(Cl)cc1. The fourth-order valence-corrected chi connectivity index (χ4v) is 2.89. The molecule has 2 aromatic carbocycles. The van der Waals surface area contributed by atoms with E-state index in [1.165, 1.54) is 16.0 Å². The van der Waals surface area contributed by atoms with E-state index < -0.39 is 0 Å². The van der Waals surface area contributed by atoms with Gasteiger partial charge in [-0.1, -0.05) is 35.9 Å². The molecular formula is C16H18ClNS. The number of aryl methyl sites for hydroxylation is 1. The summed E-state index contributed by atoms with van der Waals surface area (Å²) in [5, 5.41) is 0.772. The molecule has 0 aliphatic rings. The smallest absolute Gasteiger partial charge is 0.0406 e. The van der Waals surface area contributed by atoms with Crippen molar-refractivity contribution in [3.63, 3.8) is 0 Å². The predicted octanol–water partition coefficient (Wildman–Crippen LogP) is 4.31. The van der Waals surface area contributed by atoms with E-state index in [9.17, 15) is 0 Å². The third-order valence-electron chi connectivity index (χ3n) is 3.02. The third kappa shape index (κ3) is 4.57. The Hall–Kier alpha value is -0.960. The van der Waals surface area contributed by atoms with Crippen LogP contribution < -0.4 is 5.73 Å². The molecule has 19 heavy (non-hydrogen) atoms. The lowest BCUT2D eigenvalue weighted by molar-refractivity contribution is 0.745. The van der Waals surface area contributed by atoms with Crippen LogP contribution in [0.3, 0.4) is 0 Å². The molecule has 0 heterocycles. The minimum absolute atomic E-state index is 0.168. The van der Waals surface area contributed by atoms with Gasteiger partial charge in [0.1, 0.15) is 0 Å². The molecule has 1 atom stereocenters. The van der Waals surface area contributed by atoms with E-state index in [0.717, 1.165) is 17.2 Å². The molecule has 0 saturated heterocycles. The Labute approximate surface area is 124 Å². The zero-order valence-electron chi connectivity index (χ0n) is 11.0. The van der Waals surface area contributed by atoms with Crippen molar-refractivity contribution in [3.8, 4) is 0 Å². The first kappa shape index (κ1) is 14.4. The van der Waals surface area contributed by atoms with Crippen molar-refractivity contribution in [2.24, 2.45) is 5.73 Å². The average Bonchev–Trinajstić information content (AvgIpc) is 2.41. The quantitative estimate of drug-likeness (QED) is 0.831. The van der Waals surface area contributed by atoms with Crippen LogP contribution in [-0.4, -0.2) is 11.8 Å². The normalized spacial score (nSPS) is 12.4. The molecule has 0 aromatic heterocycles. The largest absolute Gasteiger partial charge is 0.327 e. The highest BCUT2D eigenvalue weighted by Gasteiger charge is 2.06. The van der Waals surface area contributed by atoms with Crippen LogP contribution in [0.4, 0.5) is 0 Å². The fourth-order valence-electron chi connectivity index (χ4n) is 1.91. The minimum atomic E-state index is 0.168. The third-order valence-corrected chi connectivity index (χ3v) is 4.47. The monoisotopic (exact) mass is 291 g/mol. The van der Waals surface area contributed by atoms with Crippen LogP contribution in [0.5, 0.6) is 0 Å². The molecule has 0 bridgehead atoms. The van der Waals surface area contributed by atoms with Crippen LogP contribution in [0.15, 0.2) is 53.4 Å². The van der Waals surface area contributed by atoms with E-state index in [-0.39, 0.29) is 6.04 Å². The second-order valence-corrected chi connectivity index (χ2v) is 6.19.